The number of fused-ring (bicyclic) bond motifs is 1. The smallest absolute Gasteiger partial charge is 0.251 e. The van der Waals surface area contributed by atoms with Gasteiger partial charge in [0.1, 0.15) is 0 Å². The van der Waals surface area contributed by atoms with Crippen molar-refractivity contribution < 1.29 is 9.59 Å². The van der Waals surface area contributed by atoms with Crippen LogP contribution in [0.2, 0.25) is 0 Å². The van der Waals surface area contributed by atoms with Crippen molar-refractivity contribution in [3.05, 3.63) is 23.8 Å². The van der Waals surface area contributed by atoms with Crippen molar-refractivity contribution >= 4 is 29.3 Å². The molecule has 1 atom stereocenters. The quantitative estimate of drug-likeness (QED) is 0.890. The minimum Gasteiger partial charge on any atom is -0.350 e. The number of nitrogens with one attached hydrogen (secondary N) is 2. The molecule has 0 fully saturated rings. The van der Waals surface area contributed by atoms with E-state index in [1.807, 2.05) is 13.0 Å². The first kappa shape index (κ1) is 13.9. The van der Waals surface area contributed by atoms with Crippen molar-refractivity contribution in [3.8, 4) is 0 Å². The fourth-order valence-corrected chi connectivity index (χ4v) is 2.83. The largest absolute Gasteiger partial charge is 0.350 e. The maximum Gasteiger partial charge on any atom is 0.251 e. The molecule has 0 aromatic heterocycles. The topological polar surface area (TPSA) is 58.2 Å². The van der Waals surface area contributed by atoms with Crippen molar-refractivity contribution in [2.24, 2.45) is 0 Å². The molecule has 5 heteroatoms. The molecule has 1 aliphatic heterocycles. The lowest BCUT2D eigenvalue weighted by atomic mass is 10.1. The van der Waals surface area contributed by atoms with E-state index in [0.29, 0.717) is 11.3 Å². The van der Waals surface area contributed by atoms with Crippen LogP contribution in [0.25, 0.3) is 0 Å². The summed E-state index contributed by atoms with van der Waals surface area (Å²) >= 11 is 1.50. The molecule has 0 saturated carbocycles. The maximum atomic E-state index is 12.1. The van der Waals surface area contributed by atoms with Crippen LogP contribution >= 0.6 is 11.8 Å². The minimum atomic E-state index is -0.0893. The van der Waals surface area contributed by atoms with E-state index in [2.05, 4.69) is 17.6 Å². The predicted octanol–water partition coefficient (Wildman–Crippen LogP) is 2.65. The number of carbonyl (C=O) groups is 2. The number of amides is 2. The summed E-state index contributed by atoms with van der Waals surface area (Å²) in [6.45, 7) is 4.09. The Labute approximate surface area is 117 Å². The molecule has 4 nitrogen and oxygen atoms in total. The number of hydrogen-bond acceptors (Lipinski definition) is 3. The van der Waals surface area contributed by atoms with E-state index in [0.717, 1.165) is 23.4 Å². The molecule has 19 heavy (non-hydrogen) atoms. The Morgan fingerprint density at radius 2 is 2.32 bits per heavy atom. The van der Waals surface area contributed by atoms with Gasteiger partial charge >= 0.3 is 0 Å². The van der Waals surface area contributed by atoms with Gasteiger partial charge in [0.2, 0.25) is 5.91 Å². The van der Waals surface area contributed by atoms with Gasteiger partial charge in [-0.1, -0.05) is 13.3 Å². The lowest BCUT2D eigenvalue weighted by molar-refractivity contribution is -0.113. The van der Waals surface area contributed by atoms with Crippen molar-refractivity contribution in [1.29, 1.82) is 0 Å². The van der Waals surface area contributed by atoms with E-state index in [4.69, 9.17) is 0 Å². The van der Waals surface area contributed by atoms with Crippen LogP contribution in [-0.4, -0.2) is 23.6 Å². The summed E-state index contributed by atoms with van der Waals surface area (Å²) < 4.78 is 0. The standard InChI is InChI=1S/C14H18N2O2S/c1-3-4-9(2)15-14(18)10-5-6-12-11(7-10)16-13(17)8-19-12/h5-7,9H,3-4,8H2,1-2H3,(H,15,18)(H,16,17)/t9-/m0/s1. The van der Waals surface area contributed by atoms with Crippen LogP contribution in [0.1, 0.15) is 37.0 Å². The molecule has 102 valence electrons. The third-order valence-corrected chi connectivity index (χ3v) is 4.05. The van der Waals surface area contributed by atoms with E-state index in [1.165, 1.54) is 11.8 Å². The molecule has 2 rings (SSSR count). The van der Waals surface area contributed by atoms with Gasteiger partial charge in [-0.15, -0.1) is 11.8 Å². The van der Waals surface area contributed by atoms with Crippen LogP contribution in [0.3, 0.4) is 0 Å². The van der Waals surface area contributed by atoms with Crippen molar-refractivity contribution in [2.45, 2.75) is 37.6 Å². The van der Waals surface area contributed by atoms with Gasteiger partial charge in [-0.05, 0) is 31.5 Å². The molecule has 0 unspecified atom stereocenters. The van der Waals surface area contributed by atoms with E-state index in [-0.39, 0.29) is 17.9 Å². The highest BCUT2D eigenvalue weighted by atomic mass is 32.2. The van der Waals surface area contributed by atoms with Gasteiger partial charge in [-0.25, -0.2) is 0 Å². The van der Waals surface area contributed by atoms with Crippen LogP contribution in [0, 0.1) is 0 Å². The Hall–Kier alpha value is -1.49. The zero-order valence-corrected chi connectivity index (χ0v) is 12.0. The van der Waals surface area contributed by atoms with Gasteiger partial charge in [-0.2, -0.15) is 0 Å². The highest BCUT2D eigenvalue weighted by Gasteiger charge is 2.17. The first-order valence-corrected chi connectivity index (χ1v) is 7.46. The number of thioether (sulfide) groups is 1. The second-order valence-corrected chi connectivity index (χ2v) is 5.73. The van der Waals surface area contributed by atoms with E-state index >= 15 is 0 Å². The number of anilines is 1. The fraction of sp³-hybridized carbons (Fsp3) is 0.429. The Morgan fingerprint density at radius 3 is 3.05 bits per heavy atom. The van der Waals surface area contributed by atoms with Gasteiger partial charge in [0, 0.05) is 16.5 Å². The van der Waals surface area contributed by atoms with E-state index < -0.39 is 0 Å². The predicted molar refractivity (Wildman–Crippen MR) is 77.6 cm³/mol. The molecule has 0 saturated heterocycles. The van der Waals surface area contributed by atoms with Gasteiger partial charge in [0.15, 0.2) is 0 Å². The molecule has 0 spiro atoms. The molecular formula is C14H18N2O2S. The second kappa shape index (κ2) is 6.10. The van der Waals surface area contributed by atoms with Gasteiger partial charge in [0.05, 0.1) is 11.4 Å². The Balaban J connectivity index is 2.11. The Morgan fingerprint density at radius 1 is 1.53 bits per heavy atom. The fourth-order valence-electron chi connectivity index (χ4n) is 2.04. The summed E-state index contributed by atoms with van der Waals surface area (Å²) in [4.78, 5) is 24.4. The number of benzene rings is 1. The number of carbonyl (C=O) groups excluding carboxylic acids is 2. The Bertz CT molecular complexity index is 502. The number of rotatable bonds is 4. The van der Waals surface area contributed by atoms with Gasteiger partial charge < -0.3 is 10.6 Å². The number of hydrogen-bond donors (Lipinski definition) is 2. The summed E-state index contributed by atoms with van der Waals surface area (Å²) in [6, 6.07) is 5.60. The summed E-state index contributed by atoms with van der Waals surface area (Å²) in [5.41, 5.74) is 1.32. The molecule has 2 N–H and O–H groups in total. The maximum absolute atomic E-state index is 12.1. The lowest BCUT2D eigenvalue weighted by Gasteiger charge is -2.18. The monoisotopic (exact) mass is 278 g/mol. The summed E-state index contributed by atoms with van der Waals surface area (Å²) in [5.74, 6) is 0.328. The lowest BCUT2D eigenvalue weighted by Crippen LogP contribution is -2.32. The third kappa shape index (κ3) is 3.50. The zero-order chi connectivity index (χ0) is 13.8. The zero-order valence-electron chi connectivity index (χ0n) is 11.2. The summed E-state index contributed by atoms with van der Waals surface area (Å²) in [7, 11) is 0. The highest BCUT2D eigenvalue weighted by molar-refractivity contribution is 8.00. The first-order valence-electron chi connectivity index (χ1n) is 6.47. The molecule has 0 radical (unpaired) electrons. The first-order chi connectivity index (χ1) is 9.10. The highest BCUT2D eigenvalue weighted by Crippen LogP contribution is 2.31. The van der Waals surface area contributed by atoms with Gasteiger partial charge in [-0.3, -0.25) is 9.59 Å². The van der Waals surface area contributed by atoms with Crippen LogP contribution < -0.4 is 10.6 Å². The molecule has 1 heterocycles. The molecule has 1 aromatic carbocycles. The van der Waals surface area contributed by atoms with Crippen molar-refractivity contribution in [1.82, 2.24) is 5.32 Å². The average molecular weight is 278 g/mol. The van der Waals surface area contributed by atoms with Gasteiger partial charge in [0.25, 0.3) is 5.91 Å². The van der Waals surface area contributed by atoms with Crippen LogP contribution in [0.5, 0.6) is 0 Å². The minimum absolute atomic E-state index is 0.0191. The molecule has 2 amide bonds. The molecule has 1 aromatic rings. The second-order valence-electron chi connectivity index (χ2n) is 4.71. The molecular weight excluding hydrogens is 260 g/mol. The summed E-state index contributed by atoms with van der Waals surface area (Å²) in [6.07, 6.45) is 2.00. The van der Waals surface area contributed by atoms with Crippen molar-refractivity contribution in [2.75, 3.05) is 11.1 Å². The average Bonchev–Trinajstić information content (AvgIpc) is 2.38. The van der Waals surface area contributed by atoms with Crippen LogP contribution in [0.4, 0.5) is 5.69 Å². The summed E-state index contributed by atoms with van der Waals surface area (Å²) in [5, 5.41) is 5.75. The molecule has 0 bridgehead atoms. The van der Waals surface area contributed by atoms with E-state index in [1.54, 1.807) is 12.1 Å². The normalized spacial score (nSPS) is 15.4. The van der Waals surface area contributed by atoms with Crippen LogP contribution in [-0.2, 0) is 4.79 Å². The molecule has 1 aliphatic rings. The van der Waals surface area contributed by atoms with Crippen molar-refractivity contribution in [3.63, 3.8) is 0 Å². The Kier molecular flexibility index (Phi) is 4.47. The molecule has 0 aliphatic carbocycles. The SMILES string of the molecule is CCC[C@H](C)NC(=O)c1ccc2c(c1)NC(=O)CS2. The van der Waals surface area contributed by atoms with E-state index in [9.17, 15) is 9.59 Å². The third-order valence-electron chi connectivity index (χ3n) is 2.97. The van der Waals surface area contributed by atoms with Crippen LogP contribution in [0.15, 0.2) is 23.1 Å².